The van der Waals surface area contributed by atoms with Crippen LogP contribution in [0.5, 0.6) is 0 Å². The number of carbonyl (C=O) groups excluding carboxylic acids is 1. The normalized spacial score (nSPS) is 14.6. The van der Waals surface area contributed by atoms with Crippen LogP contribution in [0.15, 0.2) is 60.6 Å². The molecule has 3 rings (SSSR count). The van der Waals surface area contributed by atoms with E-state index in [-0.39, 0.29) is 11.5 Å². The molecule has 1 N–H and O–H groups in total. The van der Waals surface area contributed by atoms with Gasteiger partial charge < -0.3 is 15.1 Å². The number of hydrogen-bond donors (Lipinski definition) is 1. The van der Waals surface area contributed by atoms with Crippen LogP contribution in [-0.4, -0.2) is 42.0 Å². The third-order valence-electron chi connectivity index (χ3n) is 4.34. The van der Waals surface area contributed by atoms with Gasteiger partial charge in [0.2, 0.25) is 0 Å². The smallest absolute Gasteiger partial charge is 0.263 e. The lowest BCUT2D eigenvalue weighted by atomic mass is 10.2. The Labute approximate surface area is 163 Å². The summed E-state index contributed by atoms with van der Waals surface area (Å²) in [6.07, 6.45) is 5.01. The quantitative estimate of drug-likeness (QED) is 0.636. The van der Waals surface area contributed by atoms with E-state index in [4.69, 9.17) is 11.6 Å². The number of nitriles is 1. The summed E-state index contributed by atoms with van der Waals surface area (Å²) in [5.74, 6) is -0.376. The SMILES string of the molecule is N#C/C(=C/N1CCN(c2cccc(Cl)c2)CC1)C(=O)NCc1cccnc1. The average Bonchev–Trinajstić information content (AvgIpc) is 2.71. The molecule has 1 aromatic heterocycles. The molecule has 0 radical (unpaired) electrons. The van der Waals surface area contributed by atoms with Gasteiger partial charge in [-0.1, -0.05) is 23.7 Å². The Morgan fingerprint density at radius 3 is 2.74 bits per heavy atom. The van der Waals surface area contributed by atoms with E-state index < -0.39 is 0 Å². The zero-order chi connectivity index (χ0) is 19.1. The number of aromatic nitrogens is 1. The summed E-state index contributed by atoms with van der Waals surface area (Å²) in [4.78, 5) is 20.5. The summed E-state index contributed by atoms with van der Waals surface area (Å²) in [7, 11) is 0. The van der Waals surface area contributed by atoms with Gasteiger partial charge in [-0.25, -0.2) is 0 Å². The second-order valence-corrected chi connectivity index (χ2v) is 6.64. The average molecular weight is 382 g/mol. The summed E-state index contributed by atoms with van der Waals surface area (Å²) in [6.45, 7) is 3.40. The number of nitrogens with one attached hydrogen (secondary N) is 1. The topological polar surface area (TPSA) is 72.3 Å². The summed E-state index contributed by atoms with van der Waals surface area (Å²) >= 11 is 6.06. The first-order valence-electron chi connectivity index (χ1n) is 8.69. The Morgan fingerprint density at radius 2 is 2.07 bits per heavy atom. The van der Waals surface area contributed by atoms with Crippen LogP contribution in [0.3, 0.4) is 0 Å². The number of carbonyl (C=O) groups is 1. The number of rotatable bonds is 5. The third kappa shape index (κ3) is 5.22. The van der Waals surface area contributed by atoms with Crippen molar-refractivity contribution in [2.75, 3.05) is 31.1 Å². The largest absolute Gasteiger partial charge is 0.373 e. The van der Waals surface area contributed by atoms with E-state index in [0.717, 1.165) is 37.4 Å². The molecule has 27 heavy (non-hydrogen) atoms. The zero-order valence-electron chi connectivity index (χ0n) is 14.8. The minimum atomic E-state index is -0.376. The molecule has 138 valence electrons. The summed E-state index contributed by atoms with van der Waals surface area (Å²) in [5.41, 5.74) is 2.08. The van der Waals surface area contributed by atoms with E-state index >= 15 is 0 Å². The number of nitrogens with zero attached hydrogens (tertiary/aromatic N) is 4. The predicted molar refractivity (Wildman–Crippen MR) is 105 cm³/mol. The van der Waals surface area contributed by atoms with Crippen LogP contribution in [0.1, 0.15) is 5.56 Å². The highest BCUT2D eigenvalue weighted by Gasteiger charge is 2.17. The molecule has 0 bridgehead atoms. The molecule has 1 aliphatic rings. The Morgan fingerprint density at radius 1 is 1.26 bits per heavy atom. The van der Waals surface area contributed by atoms with Crippen molar-refractivity contribution < 1.29 is 4.79 Å². The van der Waals surface area contributed by atoms with Gasteiger partial charge in [-0.05, 0) is 29.8 Å². The lowest BCUT2D eigenvalue weighted by Gasteiger charge is -2.35. The van der Waals surface area contributed by atoms with E-state index in [0.29, 0.717) is 11.6 Å². The first kappa shape index (κ1) is 18.7. The molecule has 6 nitrogen and oxygen atoms in total. The maximum atomic E-state index is 12.3. The van der Waals surface area contributed by atoms with Crippen molar-refractivity contribution in [3.05, 3.63) is 71.2 Å². The van der Waals surface area contributed by atoms with Gasteiger partial charge in [0.05, 0.1) is 0 Å². The molecular formula is C20H20ClN5O. The van der Waals surface area contributed by atoms with Crippen LogP contribution in [-0.2, 0) is 11.3 Å². The number of piperazine rings is 1. The fourth-order valence-electron chi connectivity index (χ4n) is 2.88. The molecule has 0 unspecified atom stereocenters. The van der Waals surface area contributed by atoms with Crippen LogP contribution in [0, 0.1) is 11.3 Å². The molecule has 2 heterocycles. The summed E-state index contributed by atoms with van der Waals surface area (Å²) < 4.78 is 0. The lowest BCUT2D eigenvalue weighted by Crippen LogP contribution is -2.44. The van der Waals surface area contributed by atoms with E-state index in [1.54, 1.807) is 18.6 Å². The maximum absolute atomic E-state index is 12.3. The maximum Gasteiger partial charge on any atom is 0.263 e. The molecule has 0 saturated carbocycles. The molecule has 1 saturated heterocycles. The number of pyridine rings is 1. The van der Waals surface area contributed by atoms with Crippen molar-refractivity contribution in [1.29, 1.82) is 5.26 Å². The number of amides is 1. The highest BCUT2D eigenvalue weighted by atomic mass is 35.5. The number of benzene rings is 1. The predicted octanol–water partition coefficient (Wildman–Crippen LogP) is 2.58. The molecule has 1 fully saturated rings. The van der Waals surface area contributed by atoms with Gasteiger partial charge in [0.25, 0.3) is 5.91 Å². The van der Waals surface area contributed by atoms with Gasteiger partial charge >= 0.3 is 0 Å². The van der Waals surface area contributed by atoms with Gasteiger partial charge in [0.1, 0.15) is 11.6 Å². The lowest BCUT2D eigenvalue weighted by molar-refractivity contribution is -0.117. The molecule has 0 spiro atoms. The first-order chi connectivity index (χ1) is 13.2. The molecule has 1 aliphatic heterocycles. The number of halogens is 1. The van der Waals surface area contributed by atoms with Gasteiger partial charge in [0, 0.05) is 62.0 Å². The fourth-order valence-corrected chi connectivity index (χ4v) is 3.07. The second-order valence-electron chi connectivity index (χ2n) is 6.20. The minimum Gasteiger partial charge on any atom is -0.373 e. The van der Waals surface area contributed by atoms with Crippen molar-refractivity contribution in [1.82, 2.24) is 15.2 Å². The van der Waals surface area contributed by atoms with Crippen LogP contribution < -0.4 is 10.2 Å². The van der Waals surface area contributed by atoms with Gasteiger partial charge in [-0.2, -0.15) is 5.26 Å². The van der Waals surface area contributed by atoms with Crippen LogP contribution >= 0.6 is 11.6 Å². The monoisotopic (exact) mass is 381 g/mol. The van der Waals surface area contributed by atoms with Crippen molar-refractivity contribution in [2.45, 2.75) is 6.54 Å². The summed E-state index contributed by atoms with van der Waals surface area (Å²) in [6, 6.07) is 13.4. The fraction of sp³-hybridized carbons (Fsp3) is 0.250. The van der Waals surface area contributed by atoms with Gasteiger partial charge in [0.15, 0.2) is 0 Å². The Bertz CT molecular complexity index is 854. The Kier molecular flexibility index (Phi) is 6.29. The highest BCUT2D eigenvalue weighted by molar-refractivity contribution is 6.30. The van der Waals surface area contributed by atoms with Crippen molar-refractivity contribution >= 4 is 23.2 Å². The molecule has 1 amide bonds. The Hall–Kier alpha value is -3.04. The van der Waals surface area contributed by atoms with E-state index in [1.165, 1.54) is 0 Å². The van der Waals surface area contributed by atoms with Crippen molar-refractivity contribution in [3.8, 4) is 6.07 Å². The van der Waals surface area contributed by atoms with E-state index in [9.17, 15) is 10.1 Å². The molecule has 2 aromatic rings. The van der Waals surface area contributed by atoms with Crippen molar-refractivity contribution in [2.24, 2.45) is 0 Å². The Balaban J connectivity index is 1.55. The molecule has 7 heteroatoms. The van der Waals surface area contributed by atoms with Crippen LogP contribution in [0.4, 0.5) is 5.69 Å². The van der Waals surface area contributed by atoms with Gasteiger partial charge in [-0.15, -0.1) is 0 Å². The number of hydrogen-bond acceptors (Lipinski definition) is 5. The third-order valence-corrected chi connectivity index (χ3v) is 4.58. The van der Waals surface area contributed by atoms with Crippen LogP contribution in [0.25, 0.3) is 0 Å². The highest BCUT2D eigenvalue weighted by Crippen LogP contribution is 2.21. The molecule has 0 atom stereocenters. The van der Waals surface area contributed by atoms with E-state index in [2.05, 4.69) is 15.2 Å². The second kappa shape index (κ2) is 9.06. The molecule has 1 aromatic carbocycles. The zero-order valence-corrected chi connectivity index (χ0v) is 15.6. The first-order valence-corrected chi connectivity index (χ1v) is 9.07. The van der Waals surface area contributed by atoms with Crippen LogP contribution in [0.2, 0.25) is 5.02 Å². The molecular weight excluding hydrogens is 362 g/mol. The van der Waals surface area contributed by atoms with Gasteiger partial charge in [-0.3, -0.25) is 9.78 Å². The number of anilines is 1. The molecule has 0 aliphatic carbocycles. The van der Waals surface area contributed by atoms with Crippen molar-refractivity contribution in [3.63, 3.8) is 0 Å². The van der Waals surface area contributed by atoms with E-state index in [1.807, 2.05) is 47.4 Å². The summed E-state index contributed by atoms with van der Waals surface area (Å²) in [5, 5.41) is 12.8. The standard InChI is InChI=1S/C20H20ClN5O/c21-18-4-1-5-19(11-18)26-9-7-25(8-10-26)15-17(12-22)20(27)24-14-16-3-2-6-23-13-16/h1-6,11,13,15H,7-10,14H2,(H,24,27)/b17-15-. The minimum absolute atomic E-state index is 0.107.